The molecule has 0 aromatic carbocycles. The van der Waals surface area contributed by atoms with Crippen LogP contribution in [0, 0.1) is 0 Å². The fraction of sp³-hybridized carbons (Fsp3) is 0.444. The minimum Gasteiger partial charge on any atom is -0.472 e. The summed E-state index contributed by atoms with van der Waals surface area (Å²) in [5, 5.41) is 0. The SMILES string of the molecule is O=C(c1ccoc1)N1C[C@@H](OCc2cccnc2)[C@H]2OCCC[C@@H]21. The minimum absolute atomic E-state index is 0.0169. The first-order valence-electron chi connectivity index (χ1n) is 8.28. The Hall–Kier alpha value is -2.18. The molecule has 0 bridgehead atoms. The van der Waals surface area contributed by atoms with Crippen LogP contribution in [0.2, 0.25) is 0 Å². The van der Waals surface area contributed by atoms with Crippen molar-refractivity contribution >= 4 is 5.91 Å². The summed E-state index contributed by atoms with van der Waals surface area (Å²) < 4.78 is 17.1. The quantitative estimate of drug-likeness (QED) is 0.861. The molecule has 4 heterocycles. The number of rotatable bonds is 4. The molecule has 0 radical (unpaired) electrons. The van der Waals surface area contributed by atoms with E-state index in [1.807, 2.05) is 17.0 Å². The Balaban J connectivity index is 1.48. The second kappa shape index (κ2) is 6.75. The third kappa shape index (κ3) is 2.95. The summed E-state index contributed by atoms with van der Waals surface area (Å²) in [6.07, 6.45) is 8.27. The maximum atomic E-state index is 12.7. The molecule has 3 atom stereocenters. The summed E-state index contributed by atoms with van der Waals surface area (Å²) in [6.45, 7) is 1.74. The number of aromatic nitrogens is 1. The number of nitrogens with zero attached hydrogens (tertiary/aromatic N) is 2. The molecule has 4 rings (SSSR count). The van der Waals surface area contributed by atoms with E-state index in [2.05, 4.69) is 4.98 Å². The Bertz CT molecular complexity index is 674. The average Bonchev–Trinajstić information content (AvgIpc) is 3.29. The predicted molar refractivity (Wildman–Crippen MR) is 85.3 cm³/mol. The van der Waals surface area contributed by atoms with Crippen molar-refractivity contribution in [2.75, 3.05) is 13.2 Å². The van der Waals surface area contributed by atoms with Crippen LogP contribution >= 0.6 is 0 Å². The van der Waals surface area contributed by atoms with Gasteiger partial charge in [-0.3, -0.25) is 9.78 Å². The Morgan fingerprint density at radius 2 is 2.38 bits per heavy atom. The van der Waals surface area contributed by atoms with E-state index < -0.39 is 0 Å². The molecule has 0 spiro atoms. The average molecular weight is 328 g/mol. The van der Waals surface area contributed by atoms with Crippen LogP contribution in [0.3, 0.4) is 0 Å². The van der Waals surface area contributed by atoms with Crippen molar-refractivity contribution in [3.05, 3.63) is 54.2 Å². The molecule has 2 fully saturated rings. The Morgan fingerprint density at radius 3 is 3.17 bits per heavy atom. The first-order valence-corrected chi connectivity index (χ1v) is 8.28. The second-order valence-corrected chi connectivity index (χ2v) is 6.23. The third-order valence-electron chi connectivity index (χ3n) is 4.69. The molecule has 2 aromatic heterocycles. The number of furan rings is 1. The first-order chi connectivity index (χ1) is 11.8. The van der Waals surface area contributed by atoms with Crippen molar-refractivity contribution in [1.82, 2.24) is 9.88 Å². The van der Waals surface area contributed by atoms with Crippen molar-refractivity contribution in [2.24, 2.45) is 0 Å². The molecule has 1 amide bonds. The van der Waals surface area contributed by atoms with Crippen molar-refractivity contribution in [2.45, 2.75) is 37.7 Å². The fourth-order valence-corrected chi connectivity index (χ4v) is 3.53. The van der Waals surface area contributed by atoms with E-state index in [1.165, 1.54) is 12.5 Å². The van der Waals surface area contributed by atoms with Gasteiger partial charge >= 0.3 is 0 Å². The third-order valence-corrected chi connectivity index (χ3v) is 4.69. The molecule has 0 N–H and O–H groups in total. The summed E-state index contributed by atoms with van der Waals surface area (Å²) in [5.74, 6) is -0.0169. The lowest BCUT2D eigenvalue weighted by Gasteiger charge is -2.32. The molecule has 2 aliphatic heterocycles. The number of fused-ring (bicyclic) bond motifs is 1. The maximum Gasteiger partial charge on any atom is 0.257 e. The molecule has 24 heavy (non-hydrogen) atoms. The highest BCUT2D eigenvalue weighted by molar-refractivity contribution is 5.94. The van der Waals surface area contributed by atoms with E-state index in [4.69, 9.17) is 13.9 Å². The normalized spacial score (nSPS) is 26.3. The molecule has 2 aromatic rings. The van der Waals surface area contributed by atoms with Gasteiger partial charge in [-0.25, -0.2) is 0 Å². The largest absolute Gasteiger partial charge is 0.472 e. The summed E-state index contributed by atoms with van der Waals surface area (Å²) in [5.41, 5.74) is 1.59. The van der Waals surface area contributed by atoms with Crippen LogP contribution < -0.4 is 0 Å². The van der Waals surface area contributed by atoms with Gasteiger partial charge in [0, 0.05) is 19.0 Å². The molecule has 2 aliphatic rings. The minimum atomic E-state index is -0.119. The molecular weight excluding hydrogens is 308 g/mol. The van der Waals surface area contributed by atoms with Crippen molar-refractivity contribution in [1.29, 1.82) is 0 Å². The number of likely N-dealkylation sites (tertiary alicyclic amines) is 1. The highest BCUT2D eigenvalue weighted by atomic mass is 16.5. The molecule has 0 unspecified atom stereocenters. The van der Waals surface area contributed by atoms with Gasteiger partial charge < -0.3 is 18.8 Å². The smallest absolute Gasteiger partial charge is 0.257 e. The van der Waals surface area contributed by atoms with Crippen LogP contribution in [0.5, 0.6) is 0 Å². The lowest BCUT2D eigenvalue weighted by Crippen LogP contribution is -2.43. The number of amides is 1. The van der Waals surface area contributed by atoms with Gasteiger partial charge in [0.05, 0.1) is 31.0 Å². The Labute approximate surface area is 140 Å². The van der Waals surface area contributed by atoms with Gasteiger partial charge in [0.2, 0.25) is 0 Å². The van der Waals surface area contributed by atoms with Crippen LogP contribution in [-0.2, 0) is 16.1 Å². The van der Waals surface area contributed by atoms with E-state index >= 15 is 0 Å². The summed E-state index contributed by atoms with van der Waals surface area (Å²) in [7, 11) is 0. The number of pyridine rings is 1. The molecule has 126 valence electrons. The Morgan fingerprint density at radius 1 is 1.42 bits per heavy atom. The first kappa shape index (κ1) is 15.4. The van der Waals surface area contributed by atoms with Gasteiger partial charge in [0.15, 0.2) is 0 Å². The van der Waals surface area contributed by atoms with E-state index in [9.17, 15) is 4.79 Å². The number of carbonyl (C=O) groups excluding carboxylic acids is 1. The molecule has 6 nitrogen and oxygen atoms in total. The predicted octanol–water partition coefficient (Wildman–Crippen LogP) is 2.26. The number of hydrogen-bond donors (Lipinski definition) is 0. The number of ether oxygens (including phenoxy) is 2. The van der Waals surface area contributed by atoms with Crippen molar-refractivity contribution in [3.8, 4) is 0 Å². The van der Waals surface area contributed by atoms with Gasteiger partial charge in [-0.05, 0) is 30.5 Å². The van der Waals surface area contributed by atoms with Crippen molar-refractivity contribution in [3.63, 3.8) is 0 Å². The lowest BCUT2D eigenvalue weighted by atomic mass is 10.0. The number of hydrogen-bond acceptors (Lipinski definition) is 5. The Kier molecular flexibility index (Phi) is 4.32. The monoisotopic (exact) mass is 328 g/mol. The van der Waals surface area contributed by atoms with Gasteiger partial charge in [0.1, 0.15) is 18.5 Å². The maximum absolute atomic E-state index is 12.7. The fourth-order valence-electron chi connectivity index (χ4n) is 3.53. The van der Waals surface area contributed by atoms with Crippen LogP contribution in [-0.4, -0.2) is 47.2 Å². The van der Waals surface area contributed by atoms with Crippen LogP contribution in [0.1, 0.15) is 28.8 Å². The number of carbonyl (C=O) groups is 1. The summed E-state index contributed by atoms with van der Waals surface area (Å²) in [6, 6.07) is 5.64. The molecular formula is C18H20N2O4. The van der Waals surface area contributed by atoms with Crippen LogP contribution in [0.4, 0.5) is 0 Å². The van der Waals surface area contributed by atoms with E-state index in [0.29, 0.717) is 18.7 Å². The summed E-state index contributed by atoms with van der Waals surface area (Å²) >= 11 is 0. The van der Waals surface area contributed by atoms with Gasteiger partial charge in [-0.15, -0.1) is 0 Å². The van der Waals surface area contributed by atoms with E-state index in [-0.39, 0.29) is 24.2 Å². The zero-order valence-corrected chi connectivity index (χ0v) is 13.3. The molecule has 0 saturated carbocycles. The van der Waals surface area contributed by atoms with Crippen LogP contribution in [0.15, 0.2) is 47.5 Å². The second-order valence-electron chi connectivity index (χ2n) is 6.23. The van der Waals surface area contributed by atoms with E-state index in [1.54, 1.807) is 18.5 Å². The lowest BCUT2D eigenvalue weighted by molar-refractivity contribution is -0.0810. The van der Waals surface area contributed by atoms with Gasteiger partial charge in [0.25, 0.3) is 5.91 Å². The van der Waals surface area contributed by atoms with E-state index in [0.717, 1.165) is 25.0 Å². The standard InChI is InChI=1S/C18H20N2O4/c21-18(14-5-8-22-12-14)20-10-16(17-15(20)4-2-7-23-17)24-11-13-3-1-6-19-9-13/h1,3,5-6,8-9,12,15-17H,2,4,7,10-11H2/t15-,16+,17-/m0/s1. The highest BCUT2D eigenvalue weighted by Crippen LogP contribution is 2.32. The molecule has 0 aliphatic carbocycles. The highest BCUT2D eigenvalue weighted by Gasteiger charge is 2.46. The van der Waals surface area contributed by atoms with Gasteiger partial charge in [-0.1, -0.05) is 6.07 Å². The molecule has 2 saturated heterocycles. The van der Waals surface area contributed by atoms with Gasteiger partial charge in [-0.2, -0.15) is 0 Å². The zero-order valence-electron chi connectivity index (χ0n) is 13.3. The molecule has 6 heteroatoms. The zero-order chi connectivity index (χ0) is 16.4. The summed E-state index contributed by atoms with van der Waals surface area (Å²) in [4.78, 5) is 18.7. The van der Waals surface area contributed by atoms with Crippen LogP contribution in [0.25, 0.3) is 0 Å². The topological polar surface area (TPSA) is 64.8 Å². The van der Waals surface area contributed by atoms with Crippen molar-refractivity contribution < 1.29 is 18.7 Å².